The smallest absolute Gasteiger partial charge is 0.235 e. The van der Waals surface area contributed by atoms with E-state index in [0.717, 1.165) is 23.4 Å². The second-order valence-electron chi connectivity index (χ2n) is 5.41. The topological polar surface area (TPSA) is 66.5 Å². The first kappa shape index (κ1) is 18.6. The molecule has 0 fully saturated rings. The molecule has 124 valence electrons. The molecule has 0 aromatic heterocycles. The van der Waals surface area contributed by atoms with Crippen LogP contribution >= 0.6 is 0 Å². The molecule has 0 saturated carbocycles. The molecule has 1 aromatic carbocycles. The quantitative estimate of drug-likeness (QED) is 0.791. The standard InChI is InChI=1S/C15H23FN2O3S/c1-4-5-12(2)17-15(19)11-18(22(3,20)21)10-13-6-8-14(16)9-7-13/h6-9,12H,4-5,10-11H2,1-3H3,(H,17,19)/t12-/m0/s1. The highest BCUT2D eigenvalue weighted by molar-refractivity contribution is 7.88. The van der Waals surface area contributed by atoms with Gasteiger partial charge >= 0.3 is 0 Å². The zero-order chi connectivity index (χ0) is 16.8. The van der Waals surface area contributed by atoms with E-state index in [9.17, 15) is 17.6 Å². The SMILES string of the molecule is CCC[C@H](C)NC(=O)CN(Cc1ccc(F)cc1)S(C)(=O)=O. The molecule has 0 aliphatic rings. The maximum Gasteiger partial charge on any atom is 0.235 e. The highest BCUT2D eigenvalue weighted by Crippen LogP contribution is 2.09. The number of carbonyl (C=O) groups is 1. The summed E-state index contributed by atoms with van der Waals surface area (Å²) in [4.78, 5) is 12.0. The Labute approximate surface area is 131 Å². The van der Waals surface area contributed by atoms with Gasteiger partial charge in [0.1, 0.15) is 5.82 Å². The number of halogens is 1. The number of hydrogen-bond donors (Lipinski definition) is 1. The van der Waals surface area contributed by atoms with Gasteiger partial charge in [0.05, 0.1) is 12.8 Å². The van der Waals surface area contributed by atoms with Gasteiger partial charge in [-0.1, -0.05) is 25.5 Å². The number of benzene rings is 1. The first-order chi connectivity index (χ1) is 10.2. The molecular formula is C15H23FN2O3S. The van der Waals surface area contributed by atoms with E-state index >= 15 is 0 Å². The molecule has 0 aliphatic heterocycles. The molecule has 0 radical (unpaired) electrons. The maximum atomic E-state index is 12.9. The lowest BCUT2D eigenvalue weighted by molar-refractivity contribution is -0.122. The van der Waals surface area contributed by atoms with Gasteiger partial charge in [-0.3, -0.25) is 4.79 Å². The predicted octanol–water partition coefficient (Wildman–Crippen LogP) is 1.89. The fourth-order valence-electron chi connectivity index (χ4n) is 2.07. The highest BCUT2D eigenvalue weighted by Gasteiger charge is 2.21. The van der Waals surface area contributed by atoms with Crippen LogP contribution in [0.15, 0.2) is 24.3 Å². The summed E-state index contributed by atoms with van der Waals surface area (Å²) in [6.07, 6.45) is 2.83. The van der Waals surface area contributed by atoms with Gasteiger partial charge in [0, 0.05) is 12.6 Å². The molecule has 0 spiro atoms. The van der Waals surface area contributed by atoms with Gasteiger partial charge in [0.15, 0.2) is 0 Å². The molecule has 0 bridgehead atoms. The number of nitrogens with one attached hydrogen (secondary N) is 1. The Morgan fingerprint density at radius 2 is 1.91 bits per heavy atom. The molecule has 0 unspecified atom stereocenters. The van der Waals surface area contributed by atoms with Crippen LogP contribution in [-0.2, 0) is 21.4 Å². The third-order valence-corrected chi connectivity index (χ3v) is 4.39. The van der Waals surface area contributed by atoms with Crippen molar-refractivity contribution < 1.29 is 17.6 Å². The zero-order valence-electron chi connectivity index (χ0n) is 13.2. The van der Waals surface area contributed by atoms with Gasteiger partial charge in [0.25, 0.3) is 0 Å². The molecule has 1 N–H and O–H groups in total. The molecule has 0 aliphatic carbocycles. The minimum absolute atomic E-state index is 0.00438. The van der Waals surface area contributed by atoms with Crippen LogP contribution in [0.2, 0.25) is 0 Å². The van der Waals surface area contributed by atoms with Crippen molar-refractivity contribution in [3.05, 3.63) is 35.6 Å². The molecule has 1 atom stereocenters. The van der Waals surface area contributed by atoms with Crippen molar-refractivity contribution in [2.24, 2.45) is 0 Å². The van der Waals surface area contributed by atoms with Crippen molar-refractivity contribution in [2.75, 3.05) is 12.8 Å². The molecule has 1 aromatic rings. The number of rotatable bonds is 8. The fraction of sp³-hybridized carbons (Fsp3) is 0.533. The van der Waals surface area contributed by atoms with Gasteiger partial charge < -0.3 is 5.32 Å². The normalized spacial score (nSPS) is 13.1. The average molecular weight is 330 g/mol. The summed E-state index contributed by atoms with van der Waals surface area (Å²) in [7, 11) is -3.54. The minimum atomic E-state index is -3.54. The third kappa shape index (κ3) is 6.53. The van der Waals surface area contributed by atoms with Crippen molar-refractivity contribution in [3.63, 3.8) is 0 Å². The summed E-state index contributed by atoms with van der Waals surface area (Å²) >= 11 is 0. The number of hydrogen-bond acceptors (Lipinski definition) is 3. The summed E-state index contributed by atoms with van der Waals surface area (Å²) in [5, 5.41) is 2.77. The van der Waals surface area contributed by atoms with Crippen molar-refractivity contribution in [2.45, 2.75) is 39.3 Å². The van der Waals surface area contributed by atoms with E-state index in [2.05, 4.69) is 5.32 Å². The molecule has 22 heavy (non-hydrogen) atoms. The average Bonchev–Trinajstić information content (AvgIpc) is 2.39. The van der Waals surface area contributed by atoms with E-state index in [1.54, 1.807) is 0 Å². The summed E-state index contributed by atoms with van der Waals surface area (Å²) < 4.78 is 37.6. The molecular weight excluding hydrogens is 307 g/mol. The Bertz CT molecular complexity index is 587. The Morgan fingerprint density at radius 1 is 1.32 bits per heavy atom. The lowest BCUT2D eigenvalue weighted by atomic mass is 10.2. The second-order valence-corrected chi connectivity index (χ2v) is 7.40. The fourth-order valence-corrected chi connectivity index (χ4v) is 2.81. The Hall–Kier alpha value is -1.47. The molecule has 0 heterocycles. The predicted molar refractivity (Wildman–Crippen MR) is 84.2 cm³/mol. The summed E-state index contributed by atoms with van der Waals surface area (Å²) in [6, 6.07) is 5.54. The lowest BCUT2D eigenvalue weighted by Crippen LogP contribution is -2.42. The van der Waals surface area contributed by atoms with Crippen LogP contribution in [-0.4, -0.2) is 37.5 Å². The molecule has 0 saturated heterocycles. The molecule has 7 heteroatoms. The van der Waals surface area contributed by atoms with Gasteiger partial charge in [-0.25, -0.2) is 12.8 Å². The number of sulfonamides is 1. The Balaban J connectivity index is 2.73. The van der Waals surface area contributed by atoms with E-state index < -0.39 is 10.0 Å². The van der Waals surface area contributed by atoms with Crippen molar-refractivity contribution in [3.8, 4) is 0 Å². The zero-order valence-corrected chi connectivity index (χ0v) is 14.0. The maximum absolute atomic E-state index is 12.9. The summed E-state index contributed by atoms with van der Waals surface area (Å²) in [5.41, 5.74) is 0.626. The molecule has 1 amide bonds. The van der Waals surface area contributed by atoms with Crippen LogP contribution < -0.4 is 5.32 Å². The van der Waals surface area contributed by atoms with Crippen LogP contribution in [0.1, 0.15) is 32.3 Å². The summed E-state index contributed by atoms with van der Waals surface area (Å²) in [5.74, 6) is -0.728. The van der Waals surface area contributed by atoms with Gasteiger partial charge in [0.2, 0.25) is 15.9 Å². The van der Waals surface area contributed by atoms with Gasteiger partial charge in [-0.2, -0.15) is 4.31 Å². The van der Waals surface area contributed by atoms with E-state index in [4.69, 9.17) is 0 Å². The second kappa shape index (κ2) is 8.24. The van der Waals surface area contributed by atoms with E-state index in [-0.39, 0.29) is 30.9 Å². The van der Waals surface area contributed by atoms with Crippen LogP contribution in [0.3, 0.4) is 0 Å². The van der Waals surface area contributed by atoms with E-state index in [0.29, 0.717) is 5.56 Å². The third-order valence-electron chi connectivity index (χ3n) is 3.19. The van der Waals surface area contributed by atoms with Gasteiger partial charge in [-0.15, -0.1) is 0 Å². The monoisotopic (exact) mass is 330 g/mol. The molecule has 5 nitrogen and oxygen atoms in total. The number of nitrogens with zero attached hydrogens (tertiary/aromatic N) is 1. The number of carbonyl (C=O) groups excluding carboxylic acids is 1. The van der Waals surface area contributed by atoms with Crippen LogP contribution in [0, 0.1) is 5.82 Å². The molecule has 1 rings (SSSR count). The summed E-state index contributed by atoms with van der Waals surface area (Å²) in [6.45, 7) is 3.69. The Morgan fingerprint density at radius 3 is 2.41 bits per heavy atom. The first-order valence-corrected chi connectivity index (χ1v) is 9.06. The first-order valence-electron chi connectivity index (χ1n) is 7.21. The van der Waals surface area contributed by atoms with E-state index in [1.807, 2.05) is 13.8 Å². The number of amides is 1. The van der Waals surface area contributed by atoms with Crippen LogP contribution in [0.25, 0.3) is 0 Å². The van der Waals surface area contributed by atoms with Crippen molar-refractivity contribution in [1.82, 2.24) is 9.62 Å². The Kier molecular flexibility index (Phi) is 6.96. The highest BCUT2D eigenvalue weighted by atomic mass is 32.2. The van der Waals surface area contributed by atoms with Crippen molar-refractivity contribution >= 4 is 15.9 Å². The minimum Gasteiger partial charge on any atom is -0.353 e. The van der Waals surface area contributed by atoms with Crippen LogP contribution in [0.5, 0.6) is 0 Å². The largest absolute Gasteiger partial charge is 0.353 e. The van der Waals surface area contributed by atoms with Crippen LogP contribution in [0.4, 0.5) is 4.39 Å². The van der Waals surface area contributed by atoms with Gasteiger partial charge in [-0.05, 0) is 31.0 Å². The van der Waals surface area contributed by atoms with Crippen molar-refractivity contribution in [1.29, 1.82) is 0 Å². The van der Waals surface area contributed by atoms with E-state index in [1.165, 1.54) is 24.3 Å². The lowest BCUT2D eigenvalue weighted by Gasteiger charge is -2.21.